The molecule has 148 valence electrons. The maximum Gasteiger partial charge on any atom is 0.241 e. The van der Waals surface area contributed by atoms with Gasteiger partial charge in [0, 0.05) is 50.3 Å². The van der Waals surface area contributed by atoms with Gasteiger partial charge in [-0.25, -0.2) is 0 Å². The van der Waals surface area contributed by atoms with Crippen LogP contribution in [-0.4, -0.2) is 78.9 Å². The van der Waals surface area contributed by atoms with Crippen molar-refractivity contribution in [2.75, 3.05) is 52.4 Å². The summed E-state index contributed by atoms with van der Waals surface area (Å²) in [5, 5.41) is 3.57. The zero-order chi connectivity index (χ0) is 19.2. The molecule has 2 saturated heterocycles. The minimum Gasteiger partial charge on any atom is -0.346 e. The van der Waals surface area contributed by atoms with Crippen LogP contribution in [0.3, 0.4) is 0 Å². The summed E-state index contributed by atoms with van der Waals surface area (Å²) in [6, 6.07) is 8.22. The topological polar surface area (TPSA) is 55.9 Å². The molecule has 6 nitrogen and oxygen atoms in total. The molecule has 7 heteroatoms. The van der Waals surface area contributed by atoms with Crippen LogP contribution in [0.1, 0.15) is 31.4 Å². The smallest absolute Gasteiger partial charge is 0.241 e. The third-order valence-electron chi connectivity index (χ3n) is 5.57. The number of benzene rings is 1. The molecule has 3 rings (SSSR count). The van der Waals surface area contributed by atoms with Gasteiger partial charge in [-0.15, -0.1) is 0 Å². The van der Waals surface area contributed by atoms with E-state index in [1.165, 1.54) is 0 Å². The van der Waals surface area contributed by atoms with Crippen LogP contribution in [0.2, 0.25) is 5.02 Å². The Morgan fingerprint density at radius 3 is 2.41 bits per heavy atom. The summed E-state index contributed by atoms with van der Waals surface area (Å²) in [4.78, 5) is 30.5. The summed E-state index contributed by atoms with van der Waals surface area (Å²) in [6.07, 6.45) is 2.13. The fourth-order valence-corrected chi connectivity index (χ4v) is 4.12. The van der Waals surface area contributed by atoms with E-state index in [2.05, 4.69) is 28.1 Å². The number of piperazine rings is 1. The SMILES string of the molecule is CC(c1ccccc1Cl)N1CCN(CC(=O)NCC(=O)N2CCCC2)CC1. The van der Waals surface area contributed by atoms with E-state index < -0.39 is 0 Å². The lowest BCUT2D eigenvalue weighted by atomic mass is 10.1. The number of nitrogens with one attached hydrogen (secondary N) is 1. The van der Waals surface area contributed by atoms with Crippen molar-refractivity contribution in [3.05, 3.63) is 34.9 Å². The van der Waals surface area contributed by atoms with Crippen molar-refractivity contribution in [1.82, 2.24) is 20.0 Å². The van der Waals surface area contributed by atoms with Crippen LogP contribution in [0.25, 0.3) is 0 Å². The summed E-state index contributed by atoms with van der Waals surface area (Å²) in [6.45, 7) is 7.74. The molecule has 1 atom stereocenters. The zero-order valence-corrected chi connectivity index (χ0v) is 16.7. The second kappa shape index (κ2) is 9.53. The summed E-state index contributed by atoms with van der Waals surface area (Å²) in [5.74, 6) is -0.0469. The third-order valence-corrected chi connectivity index (χ3v) is 5.92. The van der Waals surface area contributed by atoms with E-state index in [4.69, 9.17) is 11.6 Å². The van der Waals surface area contributed by atoms with Gasteiger partial charge in [-0.1, -0.05) is 29.8 Å². The van der Waals surface area contributed by atoms with Gasteiger partial charge in [0.15, 0.2) is 0 Å². The fraction of sp³-hybridized carbons (Fsp3) is 0.600. The lowest BCUT2D eigenvalue weighted by molar-refractivity contribution is -0.132. The molecule has 2 amide bonds. The Hall–Kier alpha value is -1.63. The summed E-state index contributed by atoms with van der Waals surface area (Å²) >= 11 is 6.32. The lowest BCUT2D eigenvalue weighted by Gasteiger charge is -2.38. The first-order chi connectivity index (χ1) is 13.0. The highest BCUT2D eigenvalue weighted by atomic mass is 35.5. The van der Waals surface area contributed by atoms with Crippen molar-refractivity contribution in [3.63, 3.8) is 0 Å². The first-order valence-corrected chi connectivity index (χ1v) is 10.2. The third kappa shape index (κ3) is 5.43. The maximum atomic E-state index is 12.2. The van der Waals surface area contributed by atoms with Crippen molar-refractivity contribution >= 4 is 23.4 Å². The van der Waals surface area contributed by atoms with Gasteiger partial charge in [-0.3, -0.25) is 19.4 Å². The first kappa shape index (κ1) is 20.1. The van der Waals surface area contributed by atoms with E-state index in [-0.39, 0.29) is 24.4 Å². The highest BCUT2D eigenvalue weighted by molar-refractivity contribution is 6.31. The largest absolute Gasteiger partial charge is 0.346 e. The van der Waals surface area contributed by atoms with Gasteiger partial charge in [-0.2, -0.15) is 0 Å². The lowest BCUT2D eigenvalue weighted by Crippen LogP contribution is -2.50. The van der Waals surface area contributed by atoms with Crippen LogP contribution in [0.5, 0.6) is 0 Å². The molecule has 0 bridgehead atoms. The van der Waals surface area contributed by atoms with Gasteiger partial charge in [-0.05, 0) is 31.4 Å². The number of nitrogens with zero attached hydrogens (tertiary/aromatic N) is 3. The average molecular weight is 393 g/mol. The van der Waals surface area contributed by atoms with Crippen LogP contribution in [0, 0.1) is 0 Å². The Morgan fingerprint density at radius 1 is 1.07 bits per heavy atom. The van der Waals surface area contributed by atoms with E-state index in [0.717, 1.165) is 62.7 Å². The number of carbonyl (C=O) groups is 2. The molecule has 1 aromatic carbocycles. The second-order valence-corrected chi connectivity index (χ2v) is 7.78. The average Bonchev–Trinajstić information content (AvgIpc) is 3.21. The molecule has 2 aliphatic rings. The molecular formula is C20H29ClN4O2. The first-order valence-electron chi connectivity index (χ1n) is 9.80. The van der Waals surface area contributed by atoms with Crippen LogP contribution in [-0.2, 0) is 9.59 Å². The van der Waals surface area contributed by atoms with Crippen LogP contribution in [0.15, 0.2) is 24.3 Å². The van der Waals surface area contributed by atoms with Gasteiger partial charge in [0.1, 0.15) is 0 Å². The molecule has 0 aromatic heterocycles. The van der Waals surface area contributed by atoms with Gasteiger partial charge in [0.2, 0.25) is 11.8 Å². The molecule has 1 aromatic rings. The Morgan fingerprint density at radius 2 is 1.74 bits per heavy atom. The summed E-state index contributed by atoms with van der Waals surface area (Å²) in [5.41, 5.74) is 1.14. The van der Waals surface area contributed by atoms with E-state index in [1.807, 2.05) is 23.1 Å². The minimum atomic E-state index is -0.0739. The number of amides is 2. The number of carbonyl (C=O) groups excluding carboxylic acids is 2. The maximum absolute atomic E-state index is 12.2. The Balaban J connectivity index is 1.39. The molecule has 1 unspecified atom stereocenters. The predicted molar refractivity (Wildman–Crippen MR) is 107 cm³/mol. The highest BCUT2D eigenvalue weighted by Crippen LogP contribution is 2.27. The van der Waals surface area contributed by atoms with Gasteiger partial charge < -0.3 is 10.2 Å². The second-order valence-electron chi connectivity index (χ2n) is 7.37. The monoisotopic (exact) mass is 392 g/mol. The minimum absolute atomic E-state index is 0.0271. The molecule has 0 radical (unpaired) electrons. The Kier molecular flexibility index (Phi) is 7.10. The van der Waals surface area contributed by atoms with Gasteiger partial charge in [0.25, 0.3) is 0 Å². The van der Waals surface area contributed by atoms with Crippen molar-refractivity contribution < 1.29 is 9.59 Å². The van der Waals surface area contributed by atoms with Gasteiger partial charge >= 0.3 is 0 Å². The molecule has 2 heterocycles. The molecule has 0 saturated carbocycles. The van der Waals surface area contributed by atoms with E-state index in [9.17, 15) is 9.59 Å². The number of halogens is 1. The molecule has 2 aliphatic heterocycles. The number of hydrogen-bond acceptors (Lipinski definition) is 4. The predicted octanol–water partition coefficient (Wildman–Crippen LogP) is 1.76. The van der Waals surface area contributed by atoms with Crippen LogP contribution < -0.4 is 5.32 Å². The molecule has 1 N–H and O–H groups in total. The number of rotatable bonds is 6. The summed E-state index contributed by atoms with van der Waals surface area (Å²) in [7, 11) is 0. The quantitative estimate of drug-likeness (QED) is 0.801. The van der Waals surface area contributed by atoms with E-state index in [1.54, 1.807) is 0 Å². The fourth-order valence-electron chi connectivity index (χ4n) is 3.83. The van der Waals surface area contributed by atoms with E-state index >= 15 is 0 Å². The standard InChI is InChI=1S/C20H29ClN4O2/c1-16(17-6-2-3-7-18(17)21)24-12-10-23(11-13-24)15-19(26)22-14-20(27)25-8-4-5-9-25/h2-3,6-7,16H,4-5,8-15H2,1H3,(H,22,26). The van der Waals surface area contributed by atoms with Crippen molar-refractivity contribution in [2.45, 2.75) is 25.8 Å². The Labute approximate surface area is 166 Å². The molecule has 0 aliphatic carbocycles. The Bertz CT molecular complexity index is 655. The molecule has 27 heavy (non-hydrogen) atoms. The number of likely N-dealkylation sites (tertiary alicyclic amines) is 1. The van der Waals surface area contributed by atoms with Crippen molar-refractivity contribution in [2.24, 2.45) is 0 Å². The highest BCUT2D eigenvalue weighted by Gasteiger charge is 2.24. The molecule has 2 fully saturated rings. The normalized spacial score (nSPS) is 19.9. The van der Waals surface area contributed by atoms with Crippen LogP contribution >= 0.6 is 11.6 Å². The van der Waals surface area contributed by atoms with Crippen molar-refractivity contribution in [3.8, 4) is 0 Å². The molecular weight excluding hydrogens is 364 g/mol. The van der Waals surface area contributed by atoms with Crippen LogP contribution in [0.4, 0.5) is 0 Å². The van der Waals surface area contributed by atoms with Gasteiger partial charge in [0.05, 0.1) is 13.1 Å². The number of hydrogen-bond donors (Lipinski definition) is 1. The summed E-state index contributed by atoms with van der Waals surface area (Å²) < 4.78 is 0. The van der Waals surface area contributed by atoms with E-state index in [0.29, 0.717) is 6.54 Å². The molecule has 0 spiro atoms. The van der Waals surface area contributed by atoms with Crippen molar-refractivity contribution in [1.29, 1.82) is 0 Å². The zero-order valence-electron chi connectivity index (χ0n) is 16.0.